The van der Waals surface area contributed by atoms with E-state index in [9.17, 15) is 4.79 Å². The lowest BCUT2D eigenvalue weighted by molar-refractivity contribution is 0.0956. The smallest absolute Gasteiger partial charge is 0.251 e. The molecule has 0 saturated carbocycles. The Kier molecular flexibility index (Phi) is 5.35. The van der Waals surface area contributed by atoms with E-state index in [1.54, 1.807) is 0 Å². The molecule has 0 unspecified atom stereocenters. The maximum atomic E-state index is 12.4. The molecule has 2 aromatic rings. The average Bonchev–Trinajstić information content (AvgIpc) is 2.59. The molecular weight excluding hydrogens is 294 g/mol. The van der Waals surface area contributed by atoms with Gasteiger partial charge in [-0.2, -0.15) is 11.8 Å². The van der Waals surface area contributed by atoms with Crippen LogP contribution in [0, 0.1) is 0 Å². The number of amides is 1. The topological polar surface area (TPSA) is 38.3 Å². The molecule has 0 spiro atoms. The average molecular weight is 315 g/mol. The molecule has 116 valence electrons. The highest BCUT2D eigenvalue weighted by Gasteiger charge is 2.14. The first-order valence-corrected chi connectivity index (χ1v) is 8.85. The summed E-state index contributed by atoms with van der Waals surface area (Å²) in [5, 5.41) is 5.84. The normalized spacial score (nSPS) is 15.8. The summed E-state index contributed by atoms with van der Waals surface area (Å²) in [6.45, 7) is 2.46. The maximum absolute atomic E-state index is 12.4. The van der Waals surface area contributed by atoms with Gasteiger partial charge in [-0.15, -0.1) is 0 Å². The van der Waals surface area contributed by atoms with E-state index in [0.717, 1.165) is 48.1 Å². The zero-order valence-corrected chi connectivity index (χ0v) is 13.4. The highest BCUT2D eigenvalue weighted by molar-refractivity contribution is 7.99. The van der Waals surface area contributed by atoms with Gasteiger partial charge in [0.2, 0.25) is 0 Å². The van der Waals surface area contributed by atoms with Gasteiger partial charge in [0.1, 0.15) is 0 Å². The minimum absolute atomic E-state index is 0.0179. The van der Waals surface area contributed by atoms with Gasteiger partial charge in [-0.3, -0.25) is 4.79 Å². The molecule has 0 atom stereocenters. The second-order valence-electron chi connectivity index (χ2n) is 5.47. The molecular formula is C18H21NO2S. The summed E-state index contributed by atoms with van der Waals surface area (Å²) in [4.78, 5) is 12.4. The van der Waals surface area contributed by atoms with Crippen molar-refractivity contribution >= 4 is 28.4 Å². The second-order valence-corrected chi connectivity index (χ2v) is 6.87. The summed E-state index contributed by atoms with van der Waals surface area (Å²) in [6, 6.07) is 13.9. The summed E-state index contributed by atoms with van der Waals surface area (Å²) in [5.74, 6) is 0.977. The summed E-state index contributed by atoms with van der Waals surface area (Å²) in [7, 11) is 0. The number of ether oxygens (including phenoxy) is 1. The molecule has 1 aliphatic heterocycles. The van der Waals surface area contributed by atoms with Crippen LogP contribution in [0.3, 0.4) is 0 Å². The van der Waals surface area contributed by atoms with Crippen molar-refractivity contribution in [1.82, 2.24) is 5.32 Å². The van der Waals surface area contributed by atoms with E-state index in [1.165, 1.54) is 0 Å². The van der Waals surface area contributed by atoms with Crippen molar-refractivity contribution in [2.45, 2.75) is 18.1 Å². The van der Waals surface area contributed by atoms with Crippen molar-refractivity contribution < 1.29 is 9.53 Å². The van der Waals surface area contributed by atoms with Gasteiger partial charge in [-0.1, -0.05) is 36.4 Å². The summed E-state index contributed by atoms with van der Waals surface area (Å²) >= 11 is 1.94. The molecule has 0 aromatic heterocycles. The molecule has 1 fully saturated rings. The monoisotopic (exact) mass is 315 g/mol. The van der Waals surface area contributed by atoms with E-state index in [2.05, 4.69) is 5.32 Å². The SMILES string of the molecule is O=C(NCCSC1CCOCC1)c1cccc2ccccc12. The molecule has 1 amide bonds. The number of nitrogens with one attached hydrogen (secondary N) is 1. The Morgan fingerprint density at radius 1 is 1.14 bits per heavy atom. The third kappa shape index (κ3) is 3.81. The van der Waals surface area contributed by atoms with E-state index in [1.807, 2.05) is 54.2 Å². The molecule has 1 aliphatic rings. The Hall–Kier alpha value is -1.52. The van der Waals surface area contributed by atoms with Gasteiger partial charge >= 0.3 is 0 Å². The predicted octanol–water partition coefficient (Wildman–Crippen LogP) is 3.48. The van der Waals surface area contributed by atoms with E-state index in [4.69, 9.17) is 4.74 Å². The number of hydrogen-bond acceptors (Lipinski definition) is 3. The Morgan fingerprint density at radius 3 is 2.77 bits per heavy atom. The fourth-order valence-electron chi connectivity index (χ4n) is 2.75. The van der Waals surface area contributed by atoms with Crippen LogP contribution in [0.1, 0.15) is 23.2 Å². The molecule has 22 heavy (non-hydrogen) atoms. The second kappa shape index (κ2) is 7.65. The van der Waals surface area contributed by atoms with Gasteiger partial charge in [0.25, 0.3) is 5.91 Å². The van der Waals surface area contributed by atoms with Gasteiger partial charge in [0, 0.05) is 36.3 Å². The van der Waals surface area contributed by atoms with Crippen LogP contribution in [0.15, 0.2) is 42.5 Å². The molecule has 0 bridgehead atoms. The summed E-state index contributed by atoms with van der Waals surface area (Å²) in [6.07, 6.45) is 2.25. The van der Waals surface area contributed by atoms with Crippen molar-refractivity contribution in [2.24, 2.45) is 0 Å². The molecule has 2 aromatic carbocycles. The minimum atomic E-state index is 0.0179. The molecule has 3 rings (SSSR count). The molecule has 4 heteroatoms. The van der Waals surface area contributed by atoms with Gasteiger partial charge in [-0.25, -0.2) is 0 Å². The fourth-order valence-corrected chi connectivity index (χ4v) is 3.83. The van der Waals surface area contributed by atoms with Crippen molar-refractivity contribution in [2.75, 3.05) is 25.5 Å². The Bertz CT molecular complexity index is 633. The molecule has 0 radical (unpaired) electrons. The summed E-state index contributed by atoms with van der Waals surface area (Å²) in [5.41, 5.74) is 0.758. The quantitative estimate of drug-likeness (QED) is 0.859. The number of benzene rings is 2. The van der Waals surface area contributed by atoms with Crippen LogP contribution in [0.5, 0.6) is 0 Å². The molecule has 1 saturated heterocycles. The van der Waals surface area contributed by atoms with Gasteiger partial charge < -0.3 is 10.1 Å². The number of carbonyl (C=O) groups is 1. The van der Waals surface area contributed by atoms with E-state index in [0.29, 0.717) is 11.8 Å². The van der Waals surface area contributed by atoms with Crippen LogP contribution in [0.4, 0.5) is 0 Å². The lowest BCUT2D eigenvalue weighted by atomic mass is 10.0. The van der Waals surface area contributed by atoms with Crippen LogP contribution in [-0.2, 0) is 4.74 Å². The van der Waals surface area contributed by atoms with Crippen molar-refractivity contribution in [3.8, 4) is 0 Å². The first kappa shape index (κ1) is 15.4. The Balaban J connectivity index is 1.53. The predicted molar refractivity (Wildman–Crippen MR) is 92.6 cm³/mol. The molecule has 3 nitrogen and oxygen atoms in total. The fraction of sp³-hybridized carbons (Fsp3) is 0.389. The third-order valence-electron chi connectivity index (χ3n) is 3.94. The standard InChI is InChI=1S/C18H21NO2S/c20-18(19-10-13-22-15-8-11-21-12-9-15)17-7-3-5-14-4-1-2-6-16(14)17/h1-7,15H,8-13H2,(H,19,20). The van der Waals surface area contributed by atoms with Crippen LogP contribution >= 0.6 is 11.8 Å². The van der Waals surface area contributed by atoms with E-state index < -0.39 is 0 Å². The van der Waals surface area contributed by atoms with Gasteiger partial charge in [-0.05, 0) is 29.7 Å². The van der Waals surface area contributed by atoms with Crippen molar-refractivity contribution in [3.05, 3.63) is 48.0 Å². The summed E-state index contributed by atoms with van der Waals surface area (Å²) < 4.78 is 5.36. The van der Waals surface area contributed by atoms with Crippen molar-refractivity contribution in [3.63, 3.8) is 0 Å². The third-order valence-corrected chi connectivity index (χ3v) is 5.33. The number of fused-ring (bicyclic) bond motifs is 1. The zero-order valence-electron chi connectivity index (χ0n) is 12.6. The largest absolute Gasteiger partial charge is 0.381 e. The van der Waals surface area contributed by atoms with Gasteiger partial charge in [0.15, 0.2) is 0 Å². The highest BCUT2D eigenvalue weighted by Crippen LogP contribution is 2.21. The van der Waals surface area contributed by atoms with Crippen LogP contribution in [0.25, 0.3) is 10.8 Å². The number of carbonyl (C=O) groups excluding carboxylic acids is 1. The van der Waals surface area contributed by atoms with Crippen LogP contribution in [0.2, 0.25) is 0 Å². The number of hydrogen-bond donors (Lipinski definition) is 1. The lowest BCUT2D eigenvalue weighted by Crippen LogP contribution is -2.27. The van der Waals surface area contributed by atoms with Gasteiger partial charge in [0.05, 0.1) is 0 Å². The lowest BCUT2D eigenvalue weighted by Gasteiger charge is -2.21. The van der Waals surface area contributed by atoms with E-state index in [-0.39, 0.29) is 5.91 Å². The highest BCUT2D eigenvalue weighted by atomic mass is 32.2. The maximum Gasteiger partial charge on any atom is 0.251 e. The van der Waals surface area contributed by atoms with Crippen molar-refractivity contribution in [1.29, 1.82) is 0 Å². The molecule has 1 N–H and O–H groups in total. The Morgan fingerprint density at radius 2 is 1.91 bits per heavy atom. The van der Waals surface area contributed by atoms with E-state index >= 15 is 0 Å². The molecule has 1 heterocycles. The zero-order chi connectivity index (χ0) is 15.2. The number of thioether (sulfide) groups is 1. The molecule has 0 aliphatic carbocycles. The van der Waals surface area contributed by atoms with Crippen LogP contribution < -0.4 is 5.32 Å². The number of rotatable bonds is 5. The minimum Gasteiger partial charge on any atom is -0.381 e. The first-order valence-electron chi connectivity index (χ1n) is 7.80. The van der Waals surface area contributed by atoms with Crippen LogP contribution in [-0.4, -0.2) is 36.7 Å². The first-order chi connectivity index (χ1) is 10.8. The Labute approximate surface area is 135 Å².